The molecule has 1 aromatic rings. The Bertz CT molecular complexity index is 622. The van der Waals surface area contributed by atoms with E-state index >= 15 is 0 Å². The van der Waals surface area contributed by atoms with Crippen LogP contribution in [0, 0.1) is 10.1 Å². The molecule has 0 saturated carbocycles. The van der Waals surface area contributed by atoms with Gasteiger partial charge in [0.15, 0.2) is 5.11 Å². The molecule has 8 nitrogen and oxygen atoms in total. The van der Waals surface area contributed by atoms with Gasteiger partial charge in [0, 0.05) is 37.8 Å². The number of ether oxygens (including phenoxy) is 1. The van der Waals surface area contributed by atoms with E-state index in [1.54, 1.807) is 6.07 Å². The van der Waals surface area contributed by atoms with E-state index in [1.807, 2.05) is 0 Å². The van der Waals surface area contributed by atoms with Gasteiger partial charge in [-0.05, 0) is 18.3 Å². The third kappa shape index (κ3) is 6.00. The first kappa shape index (κ1) is 18.5. The lowest BCUT2D eigenvalue weighted by Crippen LogP contribution is -2.42. The van der Waals surface area contributed by atoms with Crippen molar-refractivity contribution in [2.45, 2.75) is 0 Å². The van der Waals surface area contributed by atoms with E-state index in [1.165, 1.54) is 18.3 Å². The van der Waals surface area contributed by atoms with Crippen LogP contribution in [-0.4, -0.2) is 60.5 Å². The first-order valence-corrected chi connectivity index (χ1v) is 8.16. The second-order valence-corrected chi connectivity index (χ2v) is 5.86. The fraction of sp³-hybridized carbons (Fsp3) is 0.429. The minimum absolute atomic E-state index is 0.0883. The maximum atomic E-state index is 10.8. The third-order valence-corrected chi connectivity index (χ3v) is 3.92. The van der Waals surface area contributed by atoms with Crippen molar-refractivity contribution in [2.24, 2.45) is 5.10 Å². The Kier molecular flexibility index (Phi) is 7.32. The molecule has 1 aliphatic rings. The lowest BCUT2D eigenvalue weighted by Gasteiger charge is -2.26. The van der Waals surface area contributed by atoms with Gasteiger partial charge in [-0.3, -0.25) is 20.4 Å². The normalized spacial score (nSPS) is 15.4. The van der Waals surface area contributed by atoms with Crippen molar-refractivity contribution >= 4 is 40.8 Å². The topological polar surface area (TPSA) is 92.0 Å². The first-order chi connectivity index (χ1) is 11.6. The highest BCUT2D eigenvalue weighted by Gasteiger charge is 2.12. The summed E-state index contributed by atoms with van der Waals surface area (Å²) in [6.07, 6.45) is 1.44. The van der Waals surface area contributed by atoms with Crippen LogP contribution in [0.15, 0.2) is 23.3 Å². The number of nitrogens with zero attached hydrogens (tertiary/aromatic N) is 3. The number of rotatable bonds is 6. The molecule has 0 aromatic heterocycles. The molecule has 0 radical (unpaired) electrons. The van der Waals surface area contributed by atoms with E-state index in [2.05, 4.69) is 20.7 Å². The van der Waals surface area contributed by atoms with Crippen molar-refractivity contribution in [3.05, 3.63) is 38.9 Å². The number of hydrogen-bond acceptors (Lipinski definition) is 6. The van der Waals surface area contributed by atoms with Crippen LogP contribution in [0.25, 0.3) is 0 Å². The Morgan fingerprint density at radius 2 is 2.25 bits per heavy atom. The first-order valence-electron chi connectivity index (χ1n) is 7.37. The second-order valence-electron chi connectivity index (χ2n) is 5.05. The molecule has 0 unspecified atom stereocenters. The third-order valence-electron chi connectivity index (χ3n) is 3.36. The van der Waals surface area contributed by atoms with Crippen molar-refractivity contribution in [1.82, 2.24) is 15.6 Å². The summed E-state index contributed by atoms with van der Waals surface area (Å²) < 4.78 is 5.28. The smallest absolute Gasteiger partial charge is 0.288 e. The highest BCUT2D eigenvalue weighted by molar-refractivity contribution is 7.80. The van der Waals surface area contributed by atoms with E-state index in [4.69, 9.17) is 28.6 Å². The number of nitro benzene ring substituents is 1. The van der Waals surface area contributed by atoms with Crippen molar-refractivity contribution in [3.63, 3.8) is 0 Å². The molecule has 1 aliphatic heterocycles. The minimum atomic E-state index is -0.537. The summed E-state index contributed by atoms with van der Waals surface area (Å²) >= 11 is 10.9. The number of nitrogens with one attached hydrogen (secondary N) is 2. The number of morpholine rings is 1. The van der Waals surface area contributed by atoms with Crippen LogP contribution in [-0.2, 0) is 4.74 Å². The maximum Gasteiger partial charge on any atom is 0.288 e. The summed E-state index contributed by atoms with van der Waals surface area (Å²) in [5, 5.41) is 18.3. The molecule has 130 valence electrons. The molecule has 1 fully saturated rings. The number of hydrogen-bond donors (Lipinski definition) is 2. The maximum absolute atomic E-state index is 10.8. The van der Waals surface area contributed by atoms with Gasteiger partial charge in [0.05, 0.1) is 24.4 Å². The molecule has 0 aliphatic carbocycles. The van der Waals surface area contributed by atoms with Crippen LogP contribution in [0.5, 0.6) is 0 Å². The zero-order valence-electron chi connectivity index (χ0n) is 12.9. The van der Waals surface area contributed by atoms with Crippen LogP contribution < -0.4 is 10.7 Å². The molecule has 0 spiro atoms. The van der Waals surface area contributed by atoms with Crippen LogP contribution in [0.1, 0.15) is 5.56 Å². The molecule has 1 heterocycles. The SMILES string of the molecule is O=[N+]([O-])c1cc(/C=N/NC(=S)NCCN2CCOCC2)ccc1Cl. The highest BCUT2D eigenvalue weighted by atomic mass is 35.5. The summed E-state index contributed by atoms with van der Waals surface area (Å²) in [5.41, 5.74) is 3.07. The average Bonchev–Trinajstić information content (AvgIpc) is 2.57. The molecule has 1 saturated heterocycles. The van der Waals surface area contributed by atoms with Gasteiger partial charge in [-0.1, -0.05) is 17.7 Å². The van der Waals surface area contributed by atoms with E-state index in [9.17, 15) is 10.1 Å². The van der Waals surface area contributed by atoms with Gasteiger partial charge < -0.3 is 10.1 Å². The molecular formula is C14H18ClN5O3S. The summed E-state index contributed by atoms with van der Waals surface area (Å²) in [6.45, 7) is 4.96. The summed E-state index contributed by atoms with van der Waals surface area (Å²) in [7, 11) is 0. The molecule has 2 N–H and O–H groups in total. The number of thiocarbonyl (C=S) groups is 1. The molecular weight excluding hydrogens is 354 g/mol. The van der Waals surface area contributed by atoms with E-state index in [0.29, 0.717) is 17.2 Å². The highest BCUT2D eigenvalue weighted by Crippen LogP contribution is 2.24. The van der Waals surface area contributed by atoms with Crippen molar-refractivity contribution in [1.29, 1.82) is 0 Å². The summed E-state index contributed by atoms with van der Waals surface area (Å²) in [5.74, 6) is 0. The Hall–Kier alpha value is -1.81. The lowest BCUT2D eigenvalue weighted by molar-refractivity contribution is -0.384. The fourth-order valence-electron chi connectivity index (χ4n) is 2.11. The van der Waals surface area contributed by atoms with E-state index in [-0.39, 0.29) is 10.7 Å². The summed E-state index contributed by atoms with van der Waals surface area (Å²) in [4.78, 5) is 12.6. The Balaban J connectivity index is 1.73. The Morgan fingerprint density at radius 1 is 1.50 bits per heavy atom. The van der Waals surface area contributed by atoms with E-state index in [0.717, 1.165) is 32.8 Å². The van der Waals surface area contributed by atoms with Gasteiger partial charge in [0.25, 0.3) is 5.69 Å². The van der Waals surface area contributed by atoms with Crippen LogP contribution in [0.4, 0.5) is 5.69 Å². The Morgan fingerprint density at radius 3 is 2.96 bits per heavy atom. The Labute approximate surface area is 149 Å². The lowest BCUT2D eigenvalue weighted by atomic mass is 10.2. The minimum Gasteiger partial charge on any atom is -0.379 e. The summed E-state index contributed by atoms with van der Waals surface area (Å²) in [6, 6.07) is 4.44. The predicted octanol–water partition coefficient (Wildman–Crippen LogP) is 1.38. The number of hydrazone groups is 1. The number of benzene rings is 1. The molecule has 0 amide bonds. The quantitative estimate of drug-likeness (QED) is 0.338. The molecule has 0 bridgehead atoms. The van der Waals surface area contributed by atoms with Gasteiger partial charge in [-0.2, -0.15) is 5.10 Å². The number of halogens is 1. The van der Waals surface area contributed by atoms with Crippen LogP contribution in [0.3, 0.4) is 0 Å². The molecule has 2 rings (SSSR count). The van der Waals surface area contributed by atoms with Crippen LogP contribution in [0.2, 0.25) is 5.02 Å². The van der Waals surface area contributed by atoms with E-state index < -0.39 is 4.92 Å². The van der Waals surface area contributed by atoms with Crippen molar-refractivity contribution in [3.8, 4) is 0 Å². The van der Waals surface area contributed by atoms with Crippen molar-refractivity contribution < 1.29 is 9.66 Å². The molecule has 24 heavy (non-hydrogen) atoms. The zero-order valence-corrected chi connectivity index (χ0v) is 14.5. The zero-order chi connectivity index (χ0) is 17.4. The average molecular weight is 372 g/mol. The van der Waals surface area contributed by atoms with Gasteiger partial charge >= 0.3 is 0 Å². The van der Waals surface area contributed by atoms with Gasteiger partial charge in [-0.15, -0.1) is 0 Å². The largest absolute Gasteiger partial charge is 0.379 e. The van der Waals surface area contributed by atoms with Gasteiger partial charge in [-0.25, -0.2) is 0 Å². The van der Waals surface area contributed by atoms with Crippen LogP contribution >= 0.6 is 23.8 Å². The molecule has 1 aromatic carbocycles. The standard InChI is InChI=1S/C14H18ClN5O3S/c15-12-2-1-11(9-13(12)20(21)22)10-17-18-14(24)16-3-4-19-5-7-23-8-6-19/h1-2,9-10H,3-8H2,(H2,16,18,24)/b17-10+. The predicted molar refractivity (Wildman–Crippen MR) is 96.7 cm³/mol. The molecule has 0 atom stereocenters. The van der Waals surface area contributed by atoms with Gasteiger partial charge in [0.2, 0.25) is 0 Å². The van der Waals surface area contributed by atoms with Crippen molar-refractivity contribution in [2.75, 3.05) is 39.4 Å². The second kappa shape index (κ2) is 9.48. The monoisotopic (exact) mass is 371 g/mol. The molecule has 10 heteroatoms. The fourth-order valence-corrected chi connectivity index (χ4v) is 2.45. The number of nitro groups is 1. The van der Waals surface area contributed by atoms with Gasteiger partial charge in [0.1, 0.15) is 5.02 Å².